The zero-order valence-corrected chi connectivity index (χ0v) is 11.2. The summed E-state index contributed by atoms with van der Waals surface area (Å²) in [5.41, 5.74) is 7.87. The monoisotopic (exact) mass is 293 g/mol. The van der Waals surface area contributed by atoms with Crippen molar-refractivity contribution in [2.24, 2.45) is 0 Å². The fourth-order valence-corrected chi connectivity index (χ4v) is 2.74. The number of aromatic nitrogens is 1. The molecule has 19 heavy (non-hydrogen) atoms. The van der Waals surface area contributed by atoms with Gasteiger partial charge in [-0.05, 0) is 36.4 Å². The largest absolute Gasteiger partial charge is 0.399 e. The summed E-state index contributed by atoms with van der Waals surface area (Å²) in [5, 5.41) is 3.83. The Morgan fingerprint density at radius 1 is 1.21 bits per heavy atom. The summed E-state index contributed by atoms with van der Waals surface area (Å²) in [6.45, 7) is 0. The minimum absolute atomic E-state index is 0.0997. The predicted octanol–water partition coefficient (Wildman–Crippen LogP) is 4.41. The Balaban J connectivity index is 1.94. The van der Waals surface area contributed by atoms with E-state index < -0.39 is 5.82 Å². The Bertz CT molecular complexity index is 757. The first kappa shape index (κ1) is 12.2. The van der Waals surface area contributed by atoms with Gasteiger partial charge in [-0.15, -0.1) is 0 Å². The molecule has 0 radical (unpaired) electrons. The smallest absolute Gasteiger partial charge is 0.188 e. The van der Waals surface area contributed by atoms with Gasteiger partial charge >= 0.3 is 0 Å². The molecule has 3 aromatic rings. The van der Waals surface area contributed by atoms with E-state index in [4.69, 9.17) is 17.3 Å². The topological polar surface area (TPSA) is 50.9 Å². The molecule has 0 atom stereocenters. The molecule has 0 bridgehead atoms. The third-order valence-electron chi connectivity index (χ3n) is 2.58. The summed E-state index contributed by atoms with van der Waals surface area (Å²) in [7, 11) is 0. The van der Waals surface area contributed by atoms with Crippen LogP contribution < -0.4 is 11.1 Å². The van der Waals surface area contributed by atoms with Crippen molar-refractivity contribution in [2.45, 2.75) is 0 Å². The maximum Gasteiger partial charge on any atom is 0.188 e. The van der Waals surface area contributed by atoms with Crippen LogP contribution in [-0.4, -0.2) is 4.98 Å². The fraction of sp³-hybridized carbons (Fsp3) is 0. The van der Waals surface area contributed by atoms with Crippen molar-refractivity contribution in [1.82, 2.24) is 4.98 Å². The lowest BCUT2D eigenvalue weighted by Gasteiger charge is -2.02. The van der Waals surface area contributed by atoms with E-state index in [1.54, 1.807) is 12.1 Å². The predicted molar refractivity (Wildman–Crippen MR) is 78.7 cm³/mol. The highest BCUT2D eigenvalue weighted by molar-refractivity contribution is 7.22. The molecule has 0 amide bonds. The first-order valence-electron chi connectivity index (χ1n) is 5.50. The Morgan fingerprint density at radius 2 is 2.05 bits per heavy atom. The van der Waals surface area contributed by atoms with Gasteiger partial charge in [0.05, 0.1) is 15.2 Å². The molecule has 1 aromatic heterocycles. The lowest BCUT2D eigenvalue weighted by atomic mass is 10.3. The quantitative estimate of drug-likeness (QED) is 0.688. The molecule has 3 N–H and O–H groups in total. The fourth-order valence-electron chi connectivity index (χ4n) is 1.69. The van der Waals surface area contributed by atoms with Gasteiger partial charge in [-0.1, -0.05) is 22.9 Å². The molecule has 0 spiro atoms. The molecular weight excluding hydrogens is 285 g/mol. The molecular formula is C13H9ClFN3S. The molecule has 0 aliphatic carbocycles. The first-order chi connectivity index (χ1) is 9.11. The van der Waals surface area contributed by atoms with Gasteiger partial charge in [-0.25, -0.2) is 9.37 Å². The van der Waals surface area contributed by atoms with E-state index >= 15 is 0 Å². The second kappa shape index (κ2) is 4.68. The van der Waals surface area contributed by atoms with Crippen LogP contribution in [0.4, 0.5) is 20.9 Å². The van der Waals surface area contributed by atoms with E-state index in [9.17, 15) is 4.39 Å². The van der Waals surface area contributed by atoms with Crippen molar-refractivity contribution < 1.29 is 4.39 Å². The van der Waals surface area contributed by atoms with Gasteiger partial charge in [-0.2, -0.15) is 0 Å². The molecule has 1 heterocycles. The van der Waals surface area contributed by atoms with Crippen LogP contribution in [0.2, 0.25) is 5.02 Å². The van der Waals surface area contributed by atoms with Crippen LogP contribution in [0, 0.1) is 5.82 Å². The van der Waals surface area contributed by atoms with Crippen molar-refractivity contribution in [1.29, 1.82) is 0 Å². The second-order valence-corrected chi connectivity index (χ2v) is 5.44. The van der Waals surface area contributed by atoms with E-state index in [1.807, 2.05) is 12.1 Å². The van der Waals surface area contributed by atoms with Gasteiger partial charge in [0, 0.05) is 11.4 Å². The number of nitrogens with two attached hydrogens (primary N) is 1. The highest BCUT2D eigenvalue weighted by Crippen LogP contribution is 2.30. The third kappa shape index (κ3) is 2.47. The van der Waals surface area contributed by atoms with E-state index in [0.29, 0.717) is 16.5 Å². The Labute approximate surface area is 117 Å². The molecule has 0 aliphatic heterocycles. The Kier molecular flexibility index (Phi) is 3.00. The van der Waals surface area contributed by atoms with E-state index in [2.05, 4.69) is 10.3 Å². The molecule has 2 aromatic carbocycles. The zero-order valence-electron chi connectivity index (χ0n) is 9.65. The number of hydrogen-bond donors (Lipinski definition) is 2. The molecule has 6 heteroatoms. The minimum atomic E-state index is -0.461. The van der Waals surface area contributed by atoms with Crippen LogP contribution in [0.5, 0.6) is 0 Å². The molecule has 0 aliphatic rings. The van der Waals surface area contributed by atoms with Crippen LogP contribution in [0.15, 0.2) is 36.4 Å². The maximum absolute atomic E-state index is 13.3. The van der Waals surface area contributed by atoms with E-state index in [-0.39, 0.29) is 5.02 Å². The first-order valence-corrected chi connectivity index (χ1v) is 6.69. The van der Waals surface area contributed by atoms with Gasteiger partial charge in [0.25, 0.3) is 0 Å². The molecule has 96 valence electrons. The van der Waals surface area contributed by atoms with Gasteiger partial charge in [0.2, 0.25) is 0 Å². The number of anilines is 3. The van der Waals surface area contributed by atoms with E-state index in [0.717, 1.165) is 10.2 Å². The van der Waals surface area contributed by atoms with Gasteiger partial charge in [-0.3, -0.25) is 0 Å². The third-order valence-corrected chi connectivity index (χ3v) is 3.82. The van der Waals surface area contributed by atoms with Crippen molar-refractivity contribution in [3.63, 3.8) is 0 Å². The standard InChI is InChI=1S/C13H9ClFN3S/c14-9-3-2-8(6-10(9)15)17-13-18-11-4-1-7(16)5-12(11)19-13/h1-6H,16H2,(H,17,18). The number of benzene rings is 2. The SMILES string of the molecule is Nc1ccc2nc(Nc3ccc(Cl)c(F)c3)sc2c1. The van der Waals surface area contributed by atoms with Crippen LogP contribution in [0.25, 0.3) is 10.2 Å². The average molecular weight is 294 g/mol. The van der Waals surface area contributed by atoms with Gasteiger partial charge < -0.3 is 11.1 Å². The second-order valence-electron chi connectivity index (χ2n) is 4.00. The summed E-state index contributed by atoms with van der Waals surface area (Å²) in [6, 6.07) is 10.1. The normalized spacial score (nSPS) is 10.8. The summed E-state index contributed by atoms with van der Waals surface area (Å²) in [4.78, 5) is 4.40. The summed E-state index contributed by atoms with van der Waals surface area (Å²) >= 11 is 7.09. The number of halogens is 2. The zero-order chi connectivity index (χ0) is 13.4. The van der Waals surface area contributed by atoms with Crippen molar-refractivity contribution in [2.75, 3.05) is 11.1 Å². The lowest BCUT2D eigenvalue weighted by Crippen LogP contribution is -1.90. The Hall–Kier alpha value is -1.85. The van der Waals surface area contributed by atoms with E-state index in [1.165, 1.54) is 23.5 Å². The number of rotatable bonds is 2. The van der Waals surface area contributed by atoms with Gasteiger partial charge in [0.1, 0.15) is 5.82 Å². The van der Waals surface area contributed by atoms with Crippen LogP contribution >= 0.6 is 22.9 Å². The average Bonchev–Trinajstić information content (AvgIpc) is 2.75. The molecule has 0 saturated carbocycles. The minimum Gasteiger partial charge on any atom is -0.399 e. The number of hydrogen-bond acceptors (Lipinski definition) is 4. The van der Waals surface area contributed by atoms with Crippen molar-refractivity contribution in [3.05, 3.63) is 47.2 Å². The van der Waals surface area contributed by atoms with Crippen LogP contribution in [-0.2, 0) is 0 Å². The van der Waals surface area contributed by atoms with Crippen LogP contribution in [0.3, 0.4) is 0 Å². The highest BCUT2D eigenvalue weighted by atomic mass is 35.5. The molecule has 0 saturated heterocycles. The number of nitrogens with one attached hydrogen (secondary N) is 1. The number of fused-ring (bicyclic) bond motifs is 1. The summed E-state index contributed by atoms with van der Waals surface area (Å²) < 4.78 is 14.3. The molecule has 0 fully saturated rings. The summed E-state index contributed by atoms with van der Waals surface area (Å²) in [6.07, 6.45) is 0. The van der Waals surface area contributed by atoms with Crippen molar-refractivity contribution >= 4 is 49.7 Å². The number of nitrogens with zero attached hydrogens (tertiary/aromatic N) is 1. The highest BCUT2D eigenvalue weighted by Gasteiger charge is 2.06. The molecule has 0 unspecified atom stereocenters. The van der Waals surface area contributed by atoms with Gasteiger partial charge in [0.15, 0.2) is 5.13 Å². The Morgan fingerprint density at radius 3 is 2.84 bits per heavy atom. The molecule has 3 rings (SSSR count). The molecule has 3 nitrogen and oxygen atoms in total. The maximum atomic E-state index is 13.3. The number of thiazole rings is 1. The summed E-state index contributed by atoms with van der Waals surface area (Å²) in [5.74, 6) is -0.461. The number of nitrogen functional groups attached to an aromatic ring is 1. The lowest BCUT2D eigenvalue weighted by molar-refractivity contribution is 0.629. The van der Waals surface area contributed by atoms with Crippen molar-refractivity contribution in [3.8, 4) is 0 Å². The van der Waals surface area contributed by atoms with Crippen LogP contribution in [0.1, 0.15) is 0 Å².